The second kappa shape index (κ2) is 10.6. The lowest BCUT2D eigenvalue weighted by Gasteiger charge is -2.12. The fourth-order valence-corrected chi connectivity index (χ4v) is 5.01. The quantitative estimate of drug-likeness (QED) is 0.398. The van der Waals surface area contributed by atoms with Crippen molar-refractivity contribution in [1.29, 1.82) is 0 Å². The van der Waals surface area contributed by atoms with E-state index in [1.807, 2.05) is 24.0 Å². The zero-order valence-corrected chi connectivity index (χ0v) is 18.0. The van der Waals surface area contributed by atoms with Crippen LogP contribution in [0.3, 0.4) is 0 Å². The summed E-state index contributed by atoms with van der Waals surface area (Å²) in [5.41, 5.74) is 1.85. The predicted molar refractivity (Wildman–Crippen MR) is 117 cm³/mol. The molecule has 6 nitrogen and oxygen atoms in total. The van der Waals surface area contributed by atoms with Gasteiger partial charge in [0.25, 0.3) is 0 Å². The van der Waals surface area contributed by atoms with Crippen LogP contribution in [-0.2, 0) is 24.1 Å². The Balaban J connectivity index is 1.64. The van der Waals surface area contributed by atoms with E-state index in [1.54, 1.807) is 17.5 Å². The molecule has 1 aliphatic rings. The smallest absolute Gasteiger partial charge is 0.341 e. The summed E-state index contributed by atoms with van der Waals surface area (Å²) in [5.74, 6) is -0.244. The SMILES string of the molecule is CCOC(=O)c1c(NC(=S)NCCCn2ccnc2)sc2c1CCCCCC2. The van der Waals surface area contributed by atoms with Gasteiger partial charge in [0.15, 0.2) is 5.11 Å². The number of rotatable bonds is 7. The van der Waals surface area contributed by atoms with Gasteiger partial charge in [0.1, 0.15) is 5.00 Å². The molecule has 0 radical (unpaired) electrons. The molecule has 2 N–H and O–H groups in total. The highest BCUT2D eigenvalue weighted by molar-refractivity contribution is 7.80. The van der Waals surface area contributed by atoms with Gasteiger partial charge < -0.3 is 19.9 Å². The summed E-state index contributed by atoms with van der Waals surface area (Å²) in [5, 5.41) is 7.86. The summed E-state index contributed by atoms with van der Waals surface area (Å²) in [4.78, 5) is 18.0. The summed E-state index contributed by atoms with van der Waals surface area (Å²) in [6.45, 7) is 3.86. The Morgan fingerprint density at radius 3 is 2.89 bits per heavy atom. The standard InChI is InChI=1S/C20H28N4O2S2/c1-2-26-19(25)17-15-8-5-3-4-6-9-16(15)28-18(17)23-20(27)22-10-7-12-24-13-11-21-14-24/h11,13-14H,2-10,12H2,1H3,(H2,22,23,27). The number of imidazole rings is 1. The third kappa shape index (κ3) is 5.54. The molecule has 0 saturated carbocycles. The molecular weight excluding hydrogens is 392 g/mol. The van der Waals surface area contributed by atoms with Crippen LogP contribution >= 0.6 is 23.6 Å². The monoisotopic (exact) mass is 420 g/mol. The number of nitrogens with one attached hydrogen (secondary N) is 2. The zero-order valence-electron chi connectivity index (χ0n) is 16.3. The Labute approximate surface area is 175 Å². The van der Waals surface area contributed by atoms with E-state index in [-0.39, 0.29) is 5.97 Å². The van der Waals surface area contributed by atoms with E-state index in [4.69, 9.17) is 17.0 Å². The van der Waals surface area contributed by atoms with Crippen LogP contribution in [0.15, 0.2) is 18.7 Å². The van der Waals surface area contributed by atoms with Gasteiger partial charge in [-0.25, -0.2) is 9.78 Å². The van der Waals surface area contributed by atoms with E-state index in [2.05, 4.69) is 15.6 Å². The molecule has 0 aliphatic heterocycles. The van der Waals surface area contributed by atoms with Gasteiger partial charge in [0.05, 0.1) is 18.5 Å². The maximum absolute atomic E-state index is 12.6. The highest BCUT2D eigenvalue weighted by Gasteiger charge is 2.25. The van der Waals surface area contributed by atoms with Gasteiger partial charge in [-0.3, -0.25) is 0 Å². The van der Waals surface area contributed by atoms with E-state index in [0.29, 0.717) is 17.3 Å². The summed E-state index contributed by atoms with van der Waals surface area (Å²) in [7, 11) is 0. The van der Waals surface area contributed by atoms with Gasteiger partial charge in [-0.1, -0.05) is 12.8 Å². The molecule has 0 saturated heterocycles. The molecular formula is C20H28N4O2S2. The van der Waals surface area contributed by atoms with E-state index in [1.165, 1.54) is 24.1 Å². The minimum atomic E-state index is -0.244. The Hall–Kier alpha value is -1.93. The second-order valence-corrected chi connectivity index (χ2v) is 8.39. The molecule has 0 unspecified atom stereocenters. The van der Waals surface area contributed by atoms with Crippen molar-refractivity contribution in [3.05, 3.63) is 34.7 Å². The molecule has 1 aliphatic carbocycles. The van der Waals surface area contributed by atoms with Crippen LogP contribution in [0.25, 0.3) is 0 Å². The molecule has 2 aromatic heterocycles. The Morgan fingerprint density at radius 1 is 1.32 bits per heavy atom. The first-order chi connectivity index (χ1) is 13.7. The number of thiocarbonyl (C=S) groups is 1. The van der Waals surface area contributed by atoms with Crippen molar-refractivity contribution in [2.45, 2.75) is 58.4 Å². The summed E-state index contributed by atoms with van der Waals surface area (Å²) in [6, 6.07) is 0. The molecule has 28 heavy (non-hydrogen) atoms. The molecule has 2 heterocycles. The number of nitrogens with zero attached hydrogens (tertiary/aromatic N) is 2. The third-order valence-corrected chi connectivity index (χ3v) is 6.27. The van der Waals surface area contributed by atoms with Crippen molar-refractivity contribution in [2.75, 3.05) is 18.5 Å². The zero-order chi connectivity index (χ0) is 19.8. The van der Waals surface area contributed by atoms with Crippen molar-refractivity contribution in [2.24, 2.45) is 0 Å². The van der Waals surface area contributed by atoms with Crippen LogP contribution in [-0.4, -0.2) is 33.8 Å². The van der Waals surface area contributed by atoms with Crippen LogP contribution in [0.2, 0.25) is 0 Å². The summed E-state index contributed by atoms with van der Waals surface area (Å²) < 4.78 is 7.38. The average molecular weight is 421 g/mol. The molecule has 0 atom stereocenters. The fourth-order valence-electron chi connectivity index (χ4n) is 3.46. The van der Waals surface area contributed by atoms with Crippen LogP contribution in [0.4, 0.5) is 5.00 Å². The molecule has 2 aromatic rings. The number of thiophene rings is 1. The topological polar surface area (TPSA) is 68.2 Å². The maximum Gasteiger partial charge on any atom is 0.341 e. The van der Waals surface area contributed by atoms with Crippen molar-refractivity contribution < 1.29 is 9.53 Å². The molecule has 0 spiro atoms. The number of ether oxygens (including phenoxy) is 1. The molecule has 0 fully saturated rings. The number of hydrogen-bond acceptors (Lipinski definition) is 5. The molecule has 3 rings (SSSR count). The van der Waals surface area contributed by atoms with E-state index >= 15 is 0 Å². The Kier molecular flexibility index (Phi) is 7.85. The first-order valence-electron chi connectivity index (χ1n) is 10.0. The van der Waals surface area contributed by atoms with Crippen LogP contribution in [0.5, 0.6) is 0 Å². The minimum absolute atomic E-state index is 0.244. The normalized spacial score (nSPS) is 13.9. The number of carbonyl (C=O) groups excluding carboxylic acids is 1. The van der Waals surface area contributed by atoms with Crippen LogP contribution < -0.4 is 10.6 Å². The molecule has 152 valence electrons. The largest absolute Gasteiger partial charge is 0.462 e. The lowest BCUT2D eigenvalue weighted by Crippen LogP contribution is -2.30. The fraction of sp³-hybridized carbons (Fsp3) is 0.550. The maximum atomic E-state index is 12.6. The van der Waals surface area contributed by atoms with Crippen molar-refractivity contribution in [3.63, 3.8) is 0 Å². The molecule has 0 aromatic carbocycles. The van der Waals surface area contributed by atoms with Gasteiger partial charge in [-0.05, 0) is 56.8 Å². The average Bonchev–Trinajstić information content (AvgIpc) is 3.27. The molecule has 0 amide bonds. The number of carbonyl (C=O) groups is 1. The first-order valence-corrected chi connectivity index (χ1v) is 11.2. The Morgan fingerprint density at radius 2 is 2.14 bits per heavy atom. The van der Waals surface area contributed by atoms with E-state index < -0.39 is 0 Å². The Bertz CT molecular complexity index is 786. The number of aryl methyl sites for hydroxylation is 2. The van der Waals surface area contributed by atoms with Gasteiger partial charge in [-0.15, -0.1) is 11.3 Å². The number of fused-ring (bicyclic) bond motifs is 1. The van der Waals surface area contributed by atoms with Gasteiger partial charge >= 0.3 is 5.97 Å². The van der Waals surface area contributed by atoms with Gasteiger partial charge in [-0.2, -0.15) is 0 Å². The van der Waals surface area contributed by atoms with Crippen molar-refractivity contribution in [3.8, 4) is 0 Å². The number of aromatic nitrogens is 2. The summed E-state index contributed by atoms with van der Waals surface area (Å²) >= 11 is 7.12. The lowest BCUT2D eigenvalue weighted by atomic mass is 9.96. The lowest BCUT2D eigenvalue weighted by molar-refractivity contribution is 0.0526. The van der Waals surface area contributed by atoms with Crippen LogP contribution in [0, 0.1) is 0 Å². The molecule has 0 bridgehead atoms. The minimum Gasteiger partial charge on any atom is -0.462 e. The van der Waals surface area contributed by atoms with Crippen LogP contribution in [0.1, 0.15) is 59.8 Å². The summed E-state index contributed by atoms with van der Waals surface area (Å²) in [6.07, 6.45) is 13.2. The third-order valence-electron chi connectivity index (χ3n) is 4.82. The highest BCUT2D eigenvalue weighted by atomic mass is 32.1. The van der Waals surface area contributed by atoms with Gasteiger partial charge in [0.2, 0.25) is 0 Å². The molecule has 8 heteroatoms. The van der Waals surface area contributed by atoms with E-state index in [9.17, 15) is 4.79 Å². The first kappa shape index (κ1) is 20.8. The van der Waals surface area contributed by atoms with Crippen molar-refractivity contribution >= 4 is 39.6 Å². The number of esters is 1. The second-order valence-electron chi connectivity index (χ2n) is 6.88. The number of anilines is 1. The number of hydrogen-bond donors (Lipinski definition) is 2. The predicted octanol–water partition coefficient (Wildman–Crippen LogP) is 4.16. The van der Waals surface area contributed by atoms with Crippen molar-refractivity contribution in [1.82, 2.24) is 14.9 Å². The van der Waals surface area contributed by atoms with Gasteiger partial charge in [0, 0.05) is 30.4 Å². The highest BCUT2D eigenvalue weighted by Crippen LogP contribution is 2.37. The van der Waals surface area contributed by atoms with E-state index in [0.717, 1.165) is 49.3 Å².